The molecule has 36 heavy (non-hydrogen) atoms. The number of hydrogen-bond donors (Lipinski definition) is 1. The molecule has 190 valence electrons. The van der Waals surface area contributed by atoms with Crippen LogP contribution in [0.5, 0.6) is 5.75 Å². The molecule has 0 aliphatic heterocycles. The van der Waals surface area contributed by atoms with Crippen LogP contribution in [0.4, 0.5) is 4.79 Å². The van der Waals surface area contributed by atoms with Crippen LogP contribution in [0.25, 0.3) is 0 Å². The predicted molar refractivity (Wildman–Crippen MR) is 136 cm³/mol. The molecule has 0 saturated heterocycles. The van der Waals surface area contributed by atoms with Gasteiger partial charge in [-0.05, 0) is 41.8 Å². The molecule has 3 rings (SSSR count). The standard InChI is InChI=1S/C26H27ClNO7P/c1-32-36(31,35-23-14-12-22(27)13-15-23)17-16-24(25(29)33-18-20-8-4-2-5-9-20)28-26(30)34-19-21-10-6-3-7-11-21/h2-15,24H,16-19H2,1H3,(H,28,30). The number of carbonyl (C=O) groups excluding carboxylic acids is 2. The molecule has 0 fully saturated rings. The molecule has 0 spiro atoms. The van der Waals surface area contributed by atoms with E-state index in [0.717, 1.165) is 11.1 Å². The molecule has 0 aliphatic rings. The first-order valence-corrected chi connectivity index (χ1v) is 13.3. The number of amides is 1. The van der Waals surface area contributed by atoms with E-state index in [2.05, 4.69) is 5.32 Å². The Labute approximate surface area is 215 Å². The monoisotopic (exact) mass is 531 g/mol. The molecule has 2 unspecified atom stereocenters. The summed E-state index contributed by atoms with van der Waals surface area (Å²) in [6.45, 7) is 0.0365. The third kappa shape index (κ3) is 9.04. The number of carbonyl (C=O) groups is 2. The van der Waals surface area contributed by atoms with Crippen molar-refractivity contribution in [2.75, 3.05) is 13.3 Å². The molecule has 0 bridgehead atoms. The number of hydrogen-bond acceptors (Lipinski definition) is 7. The average molecular weight is 532 g/mol. The first-order chi connectivity index (χ1) is 17.4. The van der Waals surface area contributed by atoms with Gasteiger partial charge >= 0.3 is 19.7 Å². The summed E-state index contributed by atoms with van der Waals surface area (Å²) in [7, 11) is -2.41. The highest BCUT2D eigenvalue weighted by molar-refractivity contribution is 7.54. The highest BCUT2D eigenvalue weighted by atomic mass is 35.5. The van der Waals surface area contributed by atoms with Crippen LogP contribution in [-0.4, -0.2) is 31.4 Å². The van der Waals surface area contributed by atoms with Crippen LogP contribution in [0.1, 0.15) is 17.5 Å². The molecule has 0 aromatic heterocycles. The smallest absolute Gasteiger partial charge is 0.408 e. The van der Waals surface area contributed by atoms with Crippen molar-refractivity contribution in [3.05, 3.63) is 101 Å². The Bertz CT molecular complexity index is 1160. The van der Waals surface area contributed by atoms with Crippen LogP contribution >= 0.6 is 19.2 Å². The molecule has 3 aromatic rings. The second kappa shape index (κ2) is 13.7. The van der Waals surface area contributed by atoms with Gasteiger partial charge in [0.05, 0.1) is 6.16 Å². The van der Waals surface area contributed by atoms with Crippen molar-refractivity contribution in [1.29, 1.82) is 0 Å². The number of esters is 1. The van der Waals surface area contributed by atoms with Crippen molar-refractivity contribution in [2.45, 2.75) is 25.7 Å². The highest BCUT2D eigenvalue weighted by Crippen LogP contribution is 2.48. The van der Waals surface area contributed by atoms with Crippen LogP contribution < -0.4 is 9.84 Å². The SMILES string of the molecule is COP(=O)(CCC(NC(=O)OCc1ccccc1)C(=O)OCc1ccccc1)Oc1ccc(Cl)cc1. The number of benzene rings is 3. The molecule has 10 heteroatoms. The third-order valence-corrected chi connectivity index (χ3v) is 7.14. The van der Waals surface area contributed by atoms with Crippen molar-refractivity contribution in [2.24, 2.45) is 0 Å². The first kappa shape index (κ1) is 27.3. The molecule has 0 radical (unpaired) electrons. The molecular formula is C26H27ClNO7P. The molecule has 1 amide bonds. The third-order valence-electron chi connectivity index (χ3n) is 5.04. The van der Waals surface area contributed by atoms with Gasteiger partial charge in [0.15, 0.2) is 0 Å². The largest absolute Gasteiger partial charge is 0.459 e. The fraction of sp³-hybridized carbons (Fsp3) is 0.231. The van der Waals surface area contributed by atoms with Crippen molar-refractivity contribution in [3.63, 3.8) is 0 Å². The molecule has 8 nitrogen and oxygen atoms in total. The van der Waals surface area contributed by atoms with Gasteiger partial charge in [-0.1, -0.05) is 72.3 Å². The number of ether oxygens (including phenoxy) is 2. The summed E-state index contributed by atoms with van der Waals surface area (Å²) in [6, 6.07) is 23.4. The van der Waals surface area contributed by atoms with Crippen LogP contribution in [0.15, 0.2) is 84.9 Å². The normalized spacial score (nSPS) is 13.2. The van der Waals surface area contributed by atoms with Crippen molar-refractivity contribution in [1.82, 2.24) is 5.32 Å². The zero-order valence-electron chi connectivity index (χ0n) is 19.7. The molecule has 0 saturated carbocycles. The lowest BCUT2D eigenvalue weighted by Gasteiger charge is -2.21. The minimum Gasteiger partial charge on any atom is -0.459 e. The van der Waals surface area contributed by atoms with Crippen molar-refractivity contribution in [3.8, 4) is 5.75 Å². The Kier molecular flexibility index (Phi) is 10.4. The van der Waals surface area contributed by atoms with Gasteiger partial charge in [-0.25, -0.2) is 14.2 Å². The molecule has 2 atom stereocenters. The molecule has 0 heterocycles. The van der Waals surface area contributed by atoms with Gasteiger partial charge < -0.3 is 23.8 Å². The van der Waals surface area contributed by atoms with Gasteiger partial charge in [-0.2, -0.15) is 0 Å². The van der Waals surface area contributed by atoms with E-state index in [1.165, 1.54) is 7.11 Å². The second-order valence-corrected chi connectivity index (χ2v) is 10.4. The van der Waals surface area contributed by atoms with E-state index in [-0.39, 0.29) is 25.8 Å². The Morgan fingerprint density at radius 3 is 1.97 bits per heavy atom. The number of nitrogens with one attached hydrogen (secondary N) is 1. The minimum atomic E-state index is -3.66. The lowest BCUT2D eigenvalue weighted by Crippen LogP contribution is -2.42. The highest BCUT2D eigenvalue weighted by Gasteiger charge is 2.31. The molecule has 3 aromatic carbocycles. The lowest BCUT2D eigenvalue weighted by molar-refractivity contribution is -0.147. The number of rotatable bonds is 12. The van der Waals surface area contributed by atoms with E-state index >= 15 is 0 Å². The Morgan fingerprint density at radius 1 is 0.861 bits per heavy atom. The zero-order chi connectivity index (χ0) is 25.8. The quantitative estimate of drug-likeness (QED) is 0.226. The van der Waals surface area contributed by atoms with E-state index in [9.17, 15) is 14.2 Å². The van der Waals surface area contributed by atoms with Gasteiger partial charge in [0, 0.05) is 12.1 Å². The lowest BCUT2D eigenvalue weighted by atomic mass is 10.2. The molecule has 1 N–H and O–H groups in total. The fourth-order valence-corrected chi connectivity index (χ4v) is 4.59. The van der Waals surface area contributed by atoms with Gasteiger partial charge in [-0.3, -0.25) is 0 Å². The average Bonchev–Trinajstić information content (AvgIpc) is 2.91. The van der Waals surface area contributed by atoms with Crippen LogP contribution in [0.2, 0.25) is 5.02 Å². The Morgan fingerprint density at radius 2 is 1.42 bits per heavy atom. The molecular weight excluding hydrogens is 505 g/mol. The van der Waals surface area contributed by atoms with Gasteiger partial charge in [0.1, 0.15) is 25.0 Å². The topological polar surface area (TPSA) is 100 Å². The fourth-order valence-electron chi connectivity index (χ4n) is 3.10. The van der Waals surface area contributed by atoms with Crippen LogP contribution in [0.3, 0.4) is 0 Å². The summed E-state index contributed by atoms with van der Waals surface area (Å²) < 4.78 is 34.5. The van der Waals surface area contributed by atoms with Gasteiger partial charge in [0.2, 0.25) is 0 Å². The summed E-state index contributed by atoms with van der Waals surface area (Å²) in [5, 5.41) is 3.00. The van der Waals surface area contributed by atoms with Crippen molar-refractivity contribution < 1.29 is 32.7 Å². The predicted octanol–water partition coefficient (Wildman–Crippen LogP) is 5.99. The van der Waals surface area contributed by atoms with E-state index < -0.39 is 25.7 Å². The second-order valence-electron chi connectivity index (χ2n) is 7.70. The first-order valence-electron chi connectivity index (χ1n) is 11.1. The maximum absolute atomic E-state index is 13.2. The number of alkyl carbamates (subject to hydrolysis) is 1. The Hall–Kier alpha value is -3.32. The summed E-state index contributed by atoms with van der Waals surface area (Å²) in [6.07, 6.45) is -1.06. The zero-order valence-corrected chi connectivity index (χ0v) is 21.3. The summed E-state index contributed by atoms with van der Waals surface area (Å²) in [5.41, 5.74) is 1.57. The van der Waals surface area contributed by atoms with E-state index in [0.29, 0.717) is 10.8 Å². The van der Waals surface area contributed by atoms with Crippen LogP contribution in [-0.2, 0) is 36.6 Å². The van der Waals surface area contributed by atoms with E-state index in [4.69, 9.17) is 30.1 Å². The minimum absolute atomic E-state index is 0.0140. The summed E-state index contributed by atoms with van der Waals surface area (Å²) in [5.74, 6) is -0.410. The van der Waals surface area contributed by atoms with Gasteiger partial charge in [-0.15, -0.1) is 0 Å². The molecule has 0 aliphatic carbocycles. The van der Waals surface area contributed by atoms with Crippen LogP contribution in [0, 0.1) is 0 Å². The maximum Gasteiger partial charge on any atom is 0.408 e. The van der Waals surface area contributed by atoms with E-state index in [1.807, 2.05) is 60.7 Å². The van der Waals surface area contributed by atoms with E-state index in [1.54, 1.807) is 24.3 Å². The van der Waals surface area contributed by atoms with Gasteiger partial charge in [0.25, 0.3) is 0 Å². The summed E-state index contributed by atoms with van der Waals surface area (Å²) >= 11 is 5.88. The van der Waals surface area contributed by atoms with Crippen molar-refractivity contribution >= 4 is 31.3 Å². The number of halogens is 1. The Balaban J connectivity index is 1.64. The summed E-state index contributed by atoms with van der Waals surface area (Å²) in [4.78, 5) is 25.3. The maximum atomic E-state index is 13.2.